The monoisotopic (exact) mass is 488 g/mol. The lowest BCUT2D eigenvalue weighted by atomic mass is 9.96. The molecule has 7 nitrogen and oxygen atoms in total. The third-order valence-corrected chi connectivity index (χ3v) is 7.79. The zero-order valence-electron chi connectivity index (χ0n) is 22.0. The van der Waals surface area contributed by atoms with Gasteiger partial charge in [0, 0.05) is 56.9 Å². The van der Waals surface area contributed by atoms with Crippen molar-refractivity contribution in [3.05, 3.63) is 53.6 Å². The summed E-state index contributed by atoms with van der Waals surface area (Å²) in [6, 6.07) is 15.6. The number of rotatable bonds is 7. The summed E-state index contributed by atoms with van der Waals surface area (Å²) in [4.78, 5) is 28.3. The maximum absolute atomic E-state index is 12.8. The fourth-order valence-electron chi connectivity index (χ4n) is 5.70. The number of aromatic amines is 1. The Hall–Kier alpha value is -3.06. The number of amides is 1. The summed E-state index contributed by atoms with van der Waals surface area (Å²) >= 11 is 0. The number of benzene rings is 2. The average molecular weight is 489 g/mol. The first kappa shape index (κ1) is 24.6. The van der Waals surface area contributed by atoms with Crippen molar-refractivity contribution < 1.29 is 4.79 Å². The molecule has 2 aliphatic heterocycles. The van der Waals surface area contributed by atoms with Crippen LogP contribution >= 0.6 is 0 Å². The highest BCUT2D eigenvalue weighted by Gasteiger charge is 2.27. The normalized spacial score (nSPS) is 19.7. The Kier molecular flexibility index (Phi) is 7.46. The van der Waals surface area contributed by atoms with Crippen LogP contribution in [0.4, 0.5) is 11.6 Å². The lowest BCUT2D eigenvalue weighted by Crippen LogP contribution is -2.52. The smallest absolute Gasteiger partial charge is 0.223 e. The second-order valence-corrected chi connectivity index (χ2v) is 10.7. The van der Waals surface area contributed by atoms with Crippen LogP contribution < -0.4 is 15.1 Å². The zero-order chi connectivity index (χ0) is 25.1. The number of anilines is 2. The van der Waals surface area contributed by atoms with E-state index in [1.165, 1.54) is 16.8 Å². The van der Waals surface area contributed by atoms with Crippen molar-refractivity contribution in [1.82, 2.24) is 20.2 Å². The molecule has 0 saturated carbocycles. The fourth-order valence-corrected chi connectivity index (χ4v) is 5.70. The predicted octanol–water partition coefficient (Wildman–Crippen LogP) is 4.11. The van der Waals surface area contributed by atoms with Crippen LogP contribution in [0.1, 0.15) is 37.3 Å². The number of imidazole rings is 1. The molecule has 3 heterocycles. The van der Waals surface area contributed by atoms with Crippen molar-refractivity contribution in [2.24, 2.45) is 5.92 Å². The molecule has 0 radical (unpaired) electrons. The van der Waals surface area contributed by atoms with E-state index in [9.17, 15) is 4.79 Å². The molecule has 2 N–H and O–H groups in total. The predicted molar refractivity (Wildman–Crippen MR) is 148 cm³/mol. The molecule has 0 spiro atoms. The molecule has 0 bridgehead atoms. The van der Waals surface area contributed by atoms with E-state index in [0.29, 0.717) is 6.04 Å². The van der Waals surface area contributed by atoms with Crippen LogP contribution in [0, 0.1) is 19.8 Å². The van der Waals surface area contributed by atoms with Crippen LogP contribution in [-0.4, -0.2) is 72.6 Å². The molecule has 0 aliphatic carbocycles. The molecule has 2 aliphatic rings. The van der Waals surface area contributed by atoms with Gasteiger partial charge in [0.1, 0.15) is 0 Å². The number of fused-ring (bicyclic) bond motifs is 1. The zero-order valence-corrected chi connectivity index (χ0v) is 22.0. The van der Waals surface area contributed by atoms with E-state index < -0.39 is 0 Å². The first-order valence-electron chi connectivity index (χ1n) is 13.5. The van der Waals surface area contributed by atoms with E-state index >= 15 is 0 Å². The van der Waals surface area contributed by atoms with Gasteiger partial charge in [0.15, 0.2) is 0 Å². The van der Waals surface area contributed by atoms with Gasteiger partial charge in [-0.15, -0.1) is 0 Å². The molecule has 1 amide bonds. The number of carbonyl (C=O) groups excluding carboxylic acids is 1. The highest BCUT2D eigenvalue weighted by Crippen LogP contribution is 2.25. The molecule has 0 unspecified atom stereocenters. The minimum atomic E-state index is 0.103. The van der Waals surface area contributed by atoms with Gasteiger partial charge in [-0.3, -0.25) is 9.69 Å². The summed E-state index contributed by atoms with van der Waals surface area (Å²) in [7, 11) is 0. The minimum absolute atomic E-state index is 0.103. The quantitative estimate of drug-likeness (QED) is 0.490. The van der Waals surface area contributed by atoms with Crippen LogP contribution in [0.5, 0.6) is 0 Å². The molecule has 2 fully saturated rings. The van der Waals surface area contributed by atoms with E-state index in [4.69, 9.17) is 4.98 Å². The Morgan fingerprint density at radius 2 is 1.86 bits per heavy atom. The van der Waals surface area contributed by atoms with Gasteiger partial charge in [0.2, 0.25) is 11.9 Å². The Labute approximate surface area is 214 Å². The molecule has 2 saturated heterocycles. The highest BCUT2D eigenvalue weighted by atomic mass is 16.1. The average Bonchev–Trinajstić information content (AvgIpc) is 3.30. The van der Waals surface area contributed by atoms with Crippen molar-refractivity contribution in [3.8, 4) is 0 Å². The maximum atomic E-state index is 12.8. The van der Waals surface area contributed by atoms with Gasteiger partial charge < -0.3 is 20.1 Å². The number of nitrogens with zero attached hydrogens (tertiary/aromatic N) is 4. The van der Waals surface area contributed by atoms with E-state index in [1.807, 2.05) is 0 Å². The minimum Gasteiger partial charge on any atom is -0.366 e. The number of H-pyrrole nitrogens is 1. The van der Waals surface area contributed by atoms with Gasteiger partial charge >= 0.3 is 0 Å². The lowest BCUT2D eigenvalue weighted by Gasteiger charge is -2.41. The molecule has 1 aromatic heterocycles. The summed E-state index contributed by atoms with van der Waals surface area (Å²) in [6.07, 6.45) is 2.75. The second kappa shape index (κ2) is 10.9. The summed E-state index contributed by atoms with van der Waals surface area (Å²) in [5.41, 5.74) is 5.95. The van der Waals surface area contributed by atoms with Crippen LogP contribution in [0.2, 0.25) is 0 Å². The molecule has 5 rings (SSSR count). The van der Waals surface area contributed by atoms with Crippen molar-refractivity contribution in [3.63, 3.8) is 0 Å². The third kappa shape index (κ3) is 5.67. The van der Waals surface area contributed by atoms with E-state index in [-0.39, 0.29) is 11.8 Å². The largest absolute Gasteiger partial charge is 0.366 e. The van der Waals surface area contributed by atoms with Crippen LogP contribution in [-0.2, 0) is 4.79 Å². The molecular formula is C29H40N6O. The molecule has 36 heavy (non-hydrogen) atoms. The fraction of sp³-hybridized carbons (Fsp3) is 0.517. The Morgan fingerprint density at radius 3 is 2.64 bits per heavy atom. The van der Waals surface area contributed by atoms with Crippen molar-refractivity contribution in [2.45, 2.75) is 46.1 Å². The number of hydrogen-bond acceptors (Lipinski definition) is 5. The van der Waals surface area contributed by atoms with E-state index in [0.717, 1.165) is 82.1 Å². The number of carbonyl (C=O) groups is 1. The second-order valence-electron chi connectivity index (χ2n) is 10.7. The highest BCUT2D eigenvalue weighted by molar-refractivity contribution is 5.80. The molecule has 1 atom stereocenters. The topological polar surface area (TPSA) is 67.5 Å². The van der Waals surface area contributed by atoms with Crippen molar-refractivity contribution in [1.29, 1.82) is 0 Å². The standard InChI is InChI=1S/C29H40N6O/c1-21-6-4-7-25(18-21)35-17-16-33(20-23(35)3)13-5-12-30-28(36)24-10-14-34(15-11-24)29-31-26-9-8-22(2)19-27(26)32-29/h4,6-9,18-19,23-24H,5,10-17,20H2,1-3H3,(H,30,36)(H,31,32)/t23-/m0/s1. The van der Waals surface area contributed by atoms with E-state index in [2.05, 4.69) is 88.2 Å². The van der Waals surface area contributed by atoms with Crippen LogP contribution in [0.25, 0.3) is 11.0 Å². The van der Waals surface area contributed by atoms with Crippen molar-refractivity contribution in [2.75, 3.05) is 55.6 Å². The SMILES string of the molecule is Cc1cccc(N2CCN(CCCNC(=O)C3CCN(c4nc5ccc(C)cc5[nH]4)CC3)C[C@@H]2C)c1. The van der Waals surface area contributed by atoms with Gasteiger partial charge in [-0.25, -0.2) is 4.98 Å². The summed E-state index contributed by atoms with van der Waals surface area (Å²) < 4.78 is 0. The van der Waals surface area contributed by atoms with Gasteiger partial charge in [0.25, 0.3) is 0 Å². The summed E-state index contributed by atoms with van der Waals surface area (Å²) in [6.45, 7) is 13.3. The number of piperidine rings is 1. The summed E-state index contributed by atoms with van der Waals surface area (Å²) in [5, 5.41) is 3.21. The van der Waals surface area contributed by atoms with Gasteiger partial charge in [-0.2, -0.15) is 0 Å². The molecule has 192 valence electrons. The number of piperazine rings is 1. The lowest BCUT2D eigenvalue weighted by molar-refractivity contribution is -0.125. The first-order chi connectivity index (χ1) is 17.5. The number of nitrogens with one attached hydrogen (secondary N) is 2. The Balaban J connectivity index is 1.01. The molecule has 3 aromatic rings. The number of aryl methyl sites for hydroxylation is 2. The van der Waals surface area contributed by atoms with Crippen molar-refractivity contribution >= 4 is 28.6 Å². The number of aromatic nitrogens is 2. The van der Waals surface area contributed by atoms with E-state index in [1.54, 1.807) is 0 Å². The molecule has 2 aromatic carbocycles. The maximum Gasteiger partial charge on any atom is 0.223 e. The Bertz CT molecular complexity index is 1180. The molecule has 7 heteroatoms. The summed E-state index contributed by atoms with van der Waals surface area (Å²) in [5.74, 6) is 1.24. The van der Waals surface area contributed by atoms with Crippen LogP contribution in [0.15, 0.2) is 42.5 Å². The first-order valence-corrected chi connectivity index (χ1v) is 13.5. The third-order valence-electron chi connectivity index (χ3n) is 7.79. The van der Waals surface area contributed by atoms with Crippen LogP contribution in [0.3, 0.4) is 0 Å². The Morgan fingerprint density at radius 1 is 1.06 bits per heavy atom. The van der Waals surface area contributed by atoms with Gasteiger partial charge in [-0.1, -0.05) is 18.2 Å². The number of hydrogen-bond donors (Lipinski definition) is 2. The molecular weight excluding hydrogens is 448 g/mol. The van der Waals surface area contributed by atoms with Gasteiger partial charge in [-0.05, 0) is 82.0 Å². The van der Waals surface area contributed by atoms with Gasteiger partial charge in [0.05, 0.1) is 11.0 Å².